The normalized spacial score (nSPS) is 10.4. The Labute approximate surface area is 116 Å². The smallest absolute Gasteiger partial charge is 0.224 e. The van der Waals surface area contributed by atoms with E-state index in [0.29, 0.717) is 5.69 Å². The highest BCUT2D eigenvalue weighted by molar-refractivity contribution is 5.94. The Morgan fingerprint density at radius 2 is 1.85 bits per heavy atom. The third-order valence-corrected chi connectivity index (χ3v) is 2.89. The van der Waals surface area contributed by atoms with Gasteiger partial charge in [-0.1, -0.05) is 24.3 Å². The van der Waals surface area contributed by atoms with Gasteiger partial charge in [0.25, 0.3) is 0 Å². The van der Waals surface area contributed by atoms with E-state index in [4.69, 9.17) is 0 Å². The zero-order chi connectivity index (χ0) is 13.9. The quantitative estimate of drug-likeness (QED) is 0.772. The van der Waals surface area contributed by atoms with Gasteiger partial charge in [-0.3, -0.25) is 9.78 Å². The van der Waals surface area contributed by atoms with Gasteiger partial charge in [-0.25, -0.2) is 4.98 Å². The molecule has 0 unspecified atom stereocenters. The molecule has 97 valence electrons. The van der Waals surface area contributed by atoms with Gasteiger partial charge < -0.3 is 5.32 Å². The van der Waals surface area contributed by atoms with Crippen molar-refractivity contribution in [1.82, 2.24) is 9.97 Å². The molecule has 0 atom stereocenters. The van der Waals surface area contributed by atoms with Crippen LogP contribution in [-0.4, -0.2) is 15.9 Å². The average Bonchev–Trinajstić information content (AvgIpc) is 2.46. The molecule has 3 aromatic rings. The van der Waals surface area contributed by atoms with Crippen molar-refractivity contribution in [3.63, 3.8) is 0 Å². The summed E-state index contributed by atoms with van der Waals surface area (Å²) in [5, 5.41) is 2.65. The minimum Gasteiger partial charge on any atom is -0.326 e. The summed E-state index contributed by atoms with van der Waals surface area (Å²) < 4.78 is 0. The monoisotopic (exact) mass is 262 g/mol. The van der Waals surface area contributed by atoms with Crippen molar-refractivity contribution >= 4 is 22.6 Å². The van der Waals surface area contributed by atoms with Crippen molar-refractivity contribution in [3.8, 4) is 11.3 Å². The number of nitrogens with one attached hydrogen (secondary N) is 1. The molecule has 0 aliphatic carbocycles. The second-order valence-corrected chi connectivity index (χ2v) is 4.37. The van der Waals surface area contributed by atoms with Gasteiger partial charge in [-0.15, -0.1) is 0 Å². The molecule has 20 heavy (non-hydrogen) atoms. The van der Waals surface area contributed by atoms with Crippen molar-refractivity contribution in [2.24, 2.45) is 0 Å². The van der Waals surface area contributed by atoms with E-state index in [-0.39, 0.29) is 5.91 Å². The van der Waals surface area contributed by atoms with Crippen molar-refractivity contribution < 1.29 is 4.79 Å². The Balaban J connectivity index is 2.03. The van der Waals surface area contributed by atoms with Crippen LogP contribution >= 0.6 is 0 Å². The highest BCUT2D eigenvalue weighted by atomic mass is 16.1. The van der Waals surface area contributed by atoms with Crippen molar-refractivity contribution in [2.75, 3.05) is 5.32 Å². The first-order chi connectivity index (χ1) is 9.72. The largest absolute Gasteiger partial charge is 0.326 e. The van der Waals surface area contributed by atoms with Gasteiger partial charge >= 0.3 is 0 Å². The number of rotatable bonds is 2. The first kappa shape index (κ1) is 12.3. The number of hydrogen-bond donors (Lipinski definition) is 1. The van der Waals surface area contributed by atoms with Crippen molar-refractivity contribution in [3.05, 3.63) is 61.7 Å². The lowest BCUT2D eigenvalue weighted by Crippen LogP contribution is -2.05. The lowest BCUT2D eigenvalue weighted by Gasteiger charge is -2.06. The van der Waals surface area contributed by atoms with Crippen molar-refractivity contribution in [2.45, 2.75) is 0 Å². The number of fused-ring (bicyclic) bond motifs is 1. The van der Waals surface area contributed by atoms with E-state index in [1.165, 1.54) is 0 Å². The standard InChI is InChI=1S/C16H12N3O/c1-11(20)18-13-6-4-5-12(9-13)16-10-17-14-7-2-3-8-15(14)19-16/h2-10H,1H2,(H,18,20). The van der Waals surface area contributed by atoms with Crippen LogP contribution in [0, 0.1) is 6.92 Å². The number of amides is 1. The van der Waals surface area contributed by atoms with E-state index in [1.54, 1.807) is 12.3 Å². The summed E-state index contributed by atoms with van der Waals surface area (Å²) in [7, 11) is 0. The molecule has 2 aromatic carbocycles. The number of anilines is 1. The summed E-state index contributed by atoms with van der Waals surface area (Å²) in [5.74, 6) is -0.341. The van der Waals surface area contributed by atoms with Gasteiger partial charge in [0, 0.05) is 18.2 Å². The molecule has 0 spiro atoms. The Hall–Kier alpha value is -2.75. The fourth-order valence-electron chi connectivity index (χ4n) is 2.01. The first-order valence-electron chi connectivity index (χ1n) is 6.17. The van der Waals surface area contributed by atoms with Gasteiger partial charge in [-0.05, 0) is 24.3 Å². The predicted octanol–water partition coefficient (Wildman–Crippen LogP) is 3.07. The summed E-state index contributed by atoms with van der Waals surface area (Å²) >= 11 is 0. The Bertz CT molecular complexity index is 783. The molecule has 1 heterocycles. The van der Waals surface area contributed by atoms with E-state index >= 15 is 0 Å². The molecule has 4 nitrogen and oxygen atoms in total. The maximum Gasteiger partial charge on any atom is 0.224 e. The lowest BCUT2D eigenvalue weighted by atomic mass is 10.1. The summed E-state index contributed by atoms with van der Waals surface area (Å²) in [6.45, 7) is 3.30. The number of para-hydroxylation sites is 2. The molecular formula is C16H12N3O. The molecule has 1 aromatic heterocycles. The molecule has 0 aliphatic rings. The Morgan fingerprint density at radius 3 is 2.65 bits per heavy atom. The van der Waals surface area contributed by atoms with Gasteiger partial charge in [0.2, 0.25) is 5.91 Å². The zero-order valence-corrected chi connectivity index (χ0v) is 10.7. The fourth-order valence-corrected chi connectivity index (χ4v) is 2.01. The van der Waals surface area contributed by atoms with Crippen LogP contribution in [0.25, 0.3) is 22.3 Å². The molecule has 3 rings (SSSR count). The maximum absolute atomic E-state index is 11.0. The van der Waals surface area contributed by atoms with Crippen LogP contribution in [0.3, 0.4) is 0 Å². The van der Waals surface area contributed by atoms with E-state index in [2.05, 4.69) is 22.2 Å². The molecule has 1 amide bonds. The molecule has 0 saturated heterocycles. The third kappa shape index (κ3) is 2.49. The van der Waals surface area contributed by atoms with Gasteiger partial charge in [-0.2, -0.15) is 0 Å². The van der Waals surface area contributed by atoms with Crippen LogP contribution in [-0.2, 0) is 4.79 Å². The summed E-state index contributed by atoms with van der Waals surface area (Å²) in [6.07, 6.45) is 1.73. The van der Waals surface area contributed by atoms with Gasteiger partial charge in [0.1, 0.15) is 0 Å². The second-order valence-electron chi connectivity index (χ2n) is 4.37. The van der Waals surface area contributed by atoms with E-state index in [9.17, 15) is 4.79 Å². The lowest BCUT2D eigenvalue weighted by molar-refractivity contribution is -0.112. The number of benzene rings is 2. The van der Waals surface area contributed by atoms with Crippen LogP contribution in [0.5, 0.6) is 0 Å². The summed E-state index contributed by atoms with van der Waals surface area (Å²) in [6, 6.07) is 15.2. The molecule has 1 N–H and O–H groups in total. The topological polar surface area (TPSA) is 54.9 Å². The number of carbonyl (C=O) groups is 1. The predicted molar refractivity (Wildman–Crippen MR) is 79.0 cm³/mol. The van der Waals surface area contributed by atoms with Crippen LogP contribution < -0.4 is 5.32 Å². The highest BCUT2D eigenvalue weighted by Gasteiger charge is 2.04. The van der Waals surface area contributed by atoms with Gasteiger partial charge in [0.05, 0.1) is 22.9 Å². The number of nitrogens with zero attached hydrogens (tertiary/aromatic N) is 2. The Morgan fingerprint density at radius 1 is 1.05 bits per heavy atom. The SMILES string of the molecule is [CH2]C(=O)Nc1cccc(-c2cnc3ccccc3n2)c1. The van der Waals surface area contributed by atoms with E-state index in [0.717, 1.165) is 22.3 Å². The van der Waals surface area contributed by atoms with E-state index < -0.39 is 0 Å². The number of hydrogen-bond acceptors (Lipinski definition) is 3. The van der Waals surface area contributed by atoms with Crippen LogP contribution in [0.2, 0.25) is 0 Å². The number of carbonyl (C=O) groups excluding carboxylic acids is 1. The summed E-state index contributed by atoms with van der Waals surface area (Å²) in [4.78, 5) is 19.9. The third-order valence-electron chi connectivity index (χ3n) is 2.89. The molecule has 0 fully saturated rings. The minimum absolute atomic E-state index is 0.341. The minimum atomic E-state index is -0.341. The zero-order valence-electron chi connectivity index (χ0n) is 10.7. The molecule has 0 saturated carbocycles. The van der Waals surface area contributed by atoms with Gasteiger partial charge in [0.15, 0.2) is 0 Å². The molecule has 4 heteroatoms. The molecule has 1 radical (unpaired) electrons. The molecular weight excluding hydrogens is 250 g/mol. The maximum atomic E-state index is 11.0. The van der Waals surface area contributed by atoms with E-state index in [1.807, 2.05) is 42.5 Å². The summed E-state index contributed by atoms with van der Waals surface area (Å²) in [5.41, 5.74) is 4.06. The fraction of sp³-hybridized carbons (Fsp3) is 0. The Kier molecular flexibility index (Phi) is 3.13. The molecule has 0 bridgehead atoms. The van der Waals surface area contributed by atoms with Crippen LogP contribution in [0.15, 0.2) is 54.7 Å². The first-order valence-corrected chi connectivity index (χ1v) is 6.17. The highest BCUT2D eigenvalue weighted by Crippen LogP contribution is 2.22. The average molecular weight is 262 g/mol. The number of aromatic nitrogens is 2. The van der Waals surface area contributed by atoms with Crippen molar-refractivity contribution in [1.29, 1.82) is 0 Å². The van der Waals surface area contributed by atoms with Crippen LogP contribution in [0.1, 0.15) is 0 Å². The second kappa shape index (κ2) is 5.09. The molecule has 0 aliphatic heterocycles. The van der Waals surface area contributed by atoms with Crippen LogP contribution in [0.4, 0.5) is 5.69 Å².